The number of anilines is 1. The van der Waals surface area contributed by atoms with Gasteiger partial charge in [0.15, 0.2) is 17.3 Å². The number of phenolic OH excluding ortho intramolecular Hbond substituents is 1. The summed E-state index contributed by atoms with van der Waals surface area (Å²) in [6.07, 6.45) is 5.11. The van der Waals surface area contributed by atoms with Crippen molar-refractivity contribution in [3.63, 3.8) is 0 Å². The van der Waals surface area contributed by atoms with Gasteiger partial charge in [0.1, 0.15) is 11.3 Å². The molecular weight excluding hydrogens is 342 g/mol. The first-order valence-electron chi connectivity index (χ1n) is 9.61. The van der Waals surface area contributed by atoms with Crippen molar-refractivity contribution in [1.29, 1.82) is 0 Å². The van der Waals surface area contributed by atoms with Gasteiger partial charge in [-0.15, -0.1) is 10.2 Å². The molecule has 0 bridgehead atoms. The molecule has 2 N–H and O–H groups in total. The van der Waals surface area contributed by atoms with Crippen LogP contribution in [-0.4, -0.2) is 45.5 Å². The first-order valence-corrected chi connectivity index (χ1v) is 9.61. The van der Waals surface area contributed by atoms with Gasteiger partial charge in [-0.05, 0) is 37.5 Å². The van der Waals surface area contributed by atoms with Crippen LogP contribution in [0.1, 0.15) is 31.6 Å². The smallest absolute Gasteiger partial charge is 0.192 e. The third-order valence-corrected chi connectivity index (χ3v) is 5.63. The van der Waals surface area contributed by atoms with Gasteiger partial charge in [0.2, 0.25) is 0 Å². The fourth-order valence-corrected chi connectivity index (χ4v) is 3.93. The molecule has 2 aromatic heterocycles. The molecule has 0 spiro atoms. The van der Waals surface area contributed by atoms with Crippen molar-refractivity contribution in [2.75, 3.05) is 18.0 Å². The van der Waals surface area contributed by atoms with E-state index >= 15 is 0 Å². The Kier molecular flexibility index (Phi) is 3.97. The van der Waals surface area contributed by atoms with Crippen LogP contribution in [0, 0.1) is 6.92 Å². The lowest BCUT2D eigenvalue weighted by atomic mass is 9.92. The van der Waals surface area contributed by atoms with Gasteiger partial charge in [0.25, 0.3) is 0 Å². The summed E-state index contributed by atoms with van der Waals surface area (Å²) in [4.78, 5) is 6.51. The molecule has 3 heterocycles. The number of oxazole rings is 1. The number of hydrogen-bond acceptors (Lipinski definition) is 7. The van der Waals surface area contributed by atoms with E-state index in [1.165, 1.54) is 19.3 Å². The number of aryl methyl sites for hydroxylation is 1. The fourth-order valence-electron chi connectivity index (χ4n) is 3.93. The predicted octanol–water partition coefficient (Wildman–Crippen LogP) is 3.02. The van der Waals surface area contributed by atoms with Crippen LogP contribution >= 0.6 is 0 Å². The first kappa shape index (κ1) is 16.5. The first-order chi connectivity index (χ1) is 13.2. The molecule has 7 nitrogen and oxygen atoms in total. The van der Waals surface area contributed by atoms with E-state index in [1.807, 2.05) is 12.1 Å². The molecule has 7 heteroatoms. The molecule has 140 valence electrons. The minimum absolute atomic E-state index is 0.129. The lowest BCUT2D eigenvalue weighted by Gasteiger charge is -2.29. The van der Waals surface area contributed by atoms with Gasteiger partial charge in [0, 0.05) is 43.7 Å². The highest BCUT2D eigenvalue weighted by molar-refractivity contribution is 5.83. The molecule has 5 rings (SSSR count). The quantitative estimate of drug-likeness (QED) is 0.735. The summed E-state index contributed by atoms with van der Waals surface area (Å²) in [7, 11) is 0. The van der Waals surface area contributed by atoms with Crippen LogP contribution in [0.4, 0.5) is 5.82 Å². The Morgan fingerprint density at radius 2 is 2.04 bits per heavy atom. The number of nitrogens with one attached hydrogen (secondary N) is 1. The molecule has 1 aliphatic carbocycles. The average molecular weight is 365 g/mol. The summed E-state index contributed by atoms with van der Waals surface area (Å²) in [5.74, 6) is 1.58. The van der Waals surface area contributed by atoms with E-state index in [2.05, 4.69) is 25.4 Å². The summed E-state index contributed by atoms with van der Waals surface area (Å²) in [6, 6.07) is 8.50. The van der Waals surface area contributed by atoms with Gasteiger partial charge < -0.3 is 19.7 Å². The molecule has 1 unspecified atom stereocenters. The predicted molar refractivity (Wildman–Crippen MR) is 103 cm³/mol. The fraction of sp³-hybridized carbons (Fsp3) is 0.450. The number of hydrogen-bond donors (Lipinski definition) is 2. The third-order valence-electron chi connectivity index (χ3n) is 5.63. The Balaban J connectivity index is 1.33. The van der Waals surface area contributed by atoms with Crippen LogP contribution in [0.5, 0.6) is 5.75 Å². The number of aromatic hydroxyl groups is 1. The lowest BCUT2D eigenvalue weighted by Crippen LogP contribution is -2.43. The monoisotopic (exact) mass is 365 g/mol. The Labute approximate surface area is 157 Å². The molecule has 1 saturated heterocycles. The van der Waals surface area contributed by atoms with Crippen LogP contribution in [0.3, 0.4) is 0 Å². The Morgan fingerprint density at radius 3 is 2.78 bits per heavy atom. The minimum Gasteiger partial charge on any atom is -0.507 e. The normalized spacial score (nSPS) is 20.3. The van der Waals surface area contributed by atoms with Crippen molar-refractivity contribution in [3.05, 3.63) is 30.2 Å². The standard InChI is InChI=1S/C20H23N5O2/c1-12-21-17-10-18(26)15(9-19(17)27-12)16-5-6-20(24-23-16)25-8-7-14(11-25)22-13-3-2-4-13/h5-6,9-10,13-14,22,26H,2-4,7-8,11H2,1H3. The Hall–Kier alpha value is -2.67. The van der Waals surface area contributed by atoms with Crippen LogP contribution in [0.15, 0.2) is 28.7 Å². The summed E-state index contributed by atoms with van der Waals surface area (Å²) in [6.45, 7) is 3.75. The van der Waals surface area contributed by atoms with Gasteiger partial charge in [0.05, 0.1) is 5.69 Å². The maximum Gasteiger partial charge on any atom is 0.192 e. The maximum absolute atomic E-state index is 10.3. The molecule has 1 atom stereocenters. The van der Waals surface area contributed by atoms with Gasteiger partial charge in [-0.3, -0.25) is 0 Å². The van der Waals surface area contributed by atoms with Crippen molar-refractivity contribution < 1.29 is 9.52 Å². The molecule has 1 aromatic carbocycles. The molecule has 1 aliphatic heterocycles. The number of phenols is 1. The minimum atomic E-state index is 0.129. The number of nitrogens with zero attached hydrogens (tertiary/aromatic N) is 4. The topological polar surface area (TPSA) is 87.3 Å². The molecule has 2 fully saturated rings. The van der Waals surface area contributed by atoms with Gasteiger partial charge >= 0.3 is 0 Å². The summed E-state index contributed by atoms with van der Waals surface area (Å²) < 4.78 is 5.56. The molecule has 1 saturated carbocycles. The zero-order valence-electron chi connectivity index (χ0n) is 15.4. The second kappa shape index (κ2) is 6.49. The SMILES string of the molecule is Cc1nc2cc(O)c(-c3ccc(N4CCC(NC5CCC5)C4)nn3)cc2o1. The average Bonchev–Trinajstić information content (AvgIpc) is 3.23. The maximum atomic E-state index is 10.3. The van der Waals surface area contributed by atoms with Crippen molar-refractivity contribution in [2.45, 2.75) is 44.7 Å². The molecule has 3 aromatic rings. The zero-order valence-corrected chi connectivity index (χ0v) is 15.4. The van der Waals surface area contributed by atoms with E-state index in [1.54, 1.807) is 19.1 Å². The number of fused-ring (bicyclic) bond motifs is 1. The third kappa shape index (κ3) is 3.12. The highest BCUT2D eigenvalue weighted by Crippen LogP contribution is 2.33. The van der Waals surface area contributed by atoms with E-state index in [4.69, 9.17) is 4.42 Å². The van der Waals surface area contributed by atoms with Crippen molar-refractivity contribution in [2.24, 2.45) is 0 Å². The Bertz CT molecular complexity index is 964. The molecule has 0 radical (unpaired) electrons. The van der Waals surface area contributed by atoms with E-state index in [0.717, 1.165) is 25.3 Å². The van der Waals surface area contributed by atoms with E-state index < -0.39 is 0 Å². The van der Waals surface area contributed by atoms with Gasteiger partial charge in [-0.25, -0.2) is 4.98 Å². The largest absolute Gasteiger partial charge is 0.507 e. The Morgan fingerprint density at radius 1 is 1.15 bits per heavy atom. The highest BCUT2D eigenvalue weighted by Gasteiger charge is 2.27. The van der Waals surface area contributed by atoms with Crippen molar-refractivity contribution >= 4 is 16.9 Å². The summed E-state index contributed by atoms with van der Waals surface area (Å²) in [5, 5.41) is 22.8. The van der Waals surface area contributed by atoms with E-state index in [-0.39, 0.29) is 5.75 Å². The van der Waals surface area contributed by atoms with Crippen molar-refractivity contribution in [3.8, 4) is 17.0 Å². The lowest BCUT2D eigenvalue weighted by molar-refractivity contribution is 0.311. The molecule has 0 amide bonds. The van der Waals surface area contributed by atoms with Crippen LogP contribution in [0.25, 0.3) is 22.4 Å². The van der Waals surface area contributed by atoms with Crippen LogP contribution < -0.4 is 10.2 Å². The summed E-state index contributed by atoms with van der Waals surface area (Å²) in [5.41, 5.74) is 2.50. The van der Waals surface area contributed by atoms with Gasteiger partial charge in [-0.1, -0.05) is 6.42 Å². The molecular formula is C20H23N5O2. The molecule has 2 aliphatic rings. The van der Waals surface area contributed by atoms with Crippen molar-refractivity contribution in [1.82, 2.24) is 20.5 Å². The van der Waals surface area contributed by atoms with E-state index in [9.17, 15) is 5.11 Å². The van der Waals surface area contributed by atoms with Gasteiger partial charge in [-0.2, -0.15) is 0 Å². The zero-order chi connectivity index (χ0) is 18.4. The number of benzene rings is 1. The highest BCUT2D eigenvalue weighted by atomic mass is 16.3. The molecule has 27 heavy (non-hydrogen) atoms. The van der Waals surface area contributed by atoms with Crippen LogP contribution in [0.2, 0.25) is 0 Å². The number of aromatic nitrogens is 3. The second-order valence-corrected chi connectivity index (χ2v) is 7.57. The summed E-state index contributed by atoms with van der Waals surface area (Å²) >= 11 is 0. The number of rotatable bonds is 4. The second-order valence-electron chi connectivity index (χ2n) is 7.57. The van der Waals surface area contributed by atoms with E-state index in [0.29, 0.717) is 40.3 Å². The van der Waals surface area contributed by atoms with Crippen LogP contribution in [-0.2, 0) is 0 Å².